The highest BCUT2D eigenvalue weighted by Crippen LogP contribution is 2.70. The molecule has 4 heterocycles. The van der Waals surface area contributed by atoms with Crippen LogP contribution in [0.2, 0.25) is 10.0 Å². The van der Waals surface area contributed by atoms with Crippen molar-refractivity contribution in [2.75, 3.05) is 5.32 Å². The molecule has 3 aliphatic heterocycles. The van der Waals surface area contributed by atoms with Crippen LogP contribution in [0.15, 0.2) is 97.3 Å². The third kappa shape index (κ3) is 4.16. The molecule has 2 saturated heterocycles. The summed E-state index contributed by atoms with van der Waals surface area (Å²) in [6.45, 7) is 4.59. The van der Waals surface area contributed by atoms with Crippen LogP contribution in [0.5, 0.6) is 0 Å². The summed E-state index contributed by atoms with van der Waals surface area (Å²) in [5.41, 5.74) is 2.40. The fourth-order valence-electron chi connectivity index (χ4n) is 9.23. The molecule has 234 valence electrons. The molecule has 6 nitrogen and oxygen atoms in total. The molecule has 4 aromatic rings. The van der Waals surface area contributed by atoms with E-state index in [0.29, 0.717) is 28.6 Å². The molecule has 1 amide bonds. The highest BCUT2D eigenvalue weighted by molar-refractivity contribution is 6.31. The van der Waals surface area contributed by atoms with E-state index in [1.165, 1.54) is 0 Å². The van der Waals surface area contributed by atoms with E-state index in [1.807, 2.05) is 72.8 Å². The zero-order valence-corrected chi connectivity index (χ0v) is 27.3. The lowest BCUT2D eigenvalue weighted by molar-refractivity contribution is -0.184. The smallest absolute Gasteiger partial charge is 0.324 e. The summed E-state index contributed by atoms with van der Waals surface area (Å²) in [6.07, 6.45) is 5.98. The number of morpholine rings is 1. The van der Waals surface area contributed by atoms with Crippen LogP contribution in [-0.2, 0) is 19.7 Å². The SMILES string of the molecule is CC1(C)CCC2(CC1)N1[C@H](c3ccccc3)[C@H](c3ccccc3)OC(=O)[C@H]1[C@H](c1cncc(Cl)c1)[C@@]21C(=O)Nc2cc(Cl)ccc21. The maximum absolute atomic E-state index is 15.1. The fourth-order valence-corrected chi connectivity index (χ4v) is 9.59. The largest absolute Gasteiger partial charge is 0.454 e. The second-order valence-corrected chi connectivity index (χ2v) is 14.9. The van der Waals surface area contributed by atoms with Gasteiger partial charge in [-0.05, 0) is 71.6 Å². The number of pyridine rings is 1. The number of amides is 1. The number of carbonyl (C=O) groups excluding carboxylic acids is 2. The summed E-state index contributed by atoms with van der Waals surface area (Å²) in [4.78, 5) is 36.8. The van der Waals surface area contributed by atoms with E-state index in [4.69, 9.17) is 27.9 Å². The molecule has 4 aliphatic rings. The molecule has 3 fully saturated rings. The molecule has 2 spiro atoms. The number of fused-ring (bicyclic) bond motifs is 5. The number of benzene rings is 3. The quantitative estimate of drug-likeness (QED) is 0.225. The van der Waals surface area contributed by atoms with Crippen LogP contribution in [0.3, 0.4) is 0 Å². The van der Waals surface area contributed by atoms with Crippen LogP contribution in [0.25, 0.3) is 0 Å². The molecule has 8 rings (SSSR count). The number of rotatable bonds is 3. The Hall–Kier alpha value is -3.71. The maximum atomic E-state index is 15.1. The highest BCUT2D eigenvalue weighted by Gasteiger charge is 2.78. The predicted molar refractivity (Wildman–Crippen MR) is 179 cm³/mol. The number of hydrogen-bond acceptors (Lipinski definition) is 5. The minimum absolute atomic E-state index is 0.0763. The van der Waals surface area contributed by atoms with Crippen LogP contribution < -0.4 is 5.32 Å². The van der Waals surface area contributed by atoms with E-state index in [-0.39, 0.29) is 23.3 Å². The zero-order valence-electron chi connectivity index (χ0n) is 25.8. The Kier molecular flexibility index (Phi) is 6.88. The number of nitrogens with zero attached hydrogens (tertiary/aromatic N) is 2. The van der Waals surface area contributed by atoms with Crippen molar-refractivity contribution in [1.29, 1.82) is 0 Å². The van der Waals surface area contributed by atoms with Crippen molar-refractivity contribution >= 4 is 40.8 Å². The van der Waals surface area contributed by atoms with Crippen molar-refractivity contribution in [1.82, 2.24) is 9.88 Å². The number of cyclic esters (lactones) is 1. The third-order valence-electron chi connectivity index (χ3n) is 11.2. The Morgan fingerprint density at radius 2 is 1.46 bits per heavy atom. The van der Waals surface area contributed by atoms with E-state index in [0.717, 1.165) is 35.1 Å². The number of anilines is 1. The van der Waals surface area contributed by atoms with Gasteiger partial charge in [-0.3, -0.25) is 19.5 Å². The Morgan fingerprint density at radius 1 is 0.783 bits per heavy atom. The van der Waals surface area contributed by atoms with E-state index >= 15 is 4.79 Å². The molecule has 8 heteroatoms. The lowest BCUT2D eigenvalue weighted by atomic mass is 9.53. The van der Waals surface area contributed by atoms with Crippen molar-refractivity contribution in [3.8, 4) is 0 Å². The van der Waals surface area contributed by atoms with Gasteiger partial charge < -0.3 is 10.1 Å². The second kappa shape index (κ2) is 10.7. The highest BCUT2D eigenvalue weighted by atomic mass is 35.5. The van der Waals surface area contributed by atoms with Gasteiger partial charge in [-0.2, -0.15) is 0 Å². The number of halogens is 2. The van der Waals surface area contributed by atoms with Gasteiger partial charge in [0.15, 0.2) is 0 Å². The number of ether oxygens (including phenoxy) is 1. The van der Waals surface area contributed by atoms with Gasteiger partial charge in [-0.25, -0.2) is 0 Å². The summed E-state index contributed by atoms with van der Waals surface area (Å²) < 4.78 is 6.57. The Labute approximate surface area is 279 Å². The van der Waals surface area contributed by atoms with Crippen molar-refractivity contribution < 1.29 is 14.3 Å². The van der Waals surface area contributed by atoms with Crippen LogP contribution >= 0.6 is 23.2 Å². The molecule has 1 aromatic heterocycles. The summed E-state index contributed by atoms with van der Waals surface area (Å²) >= 11 is 13.1. The minimum Gasteiger partial charge on any atom is -0.454 e. The molecule has 0 bridgehead atoms. The van der Waals surface area contributed by atoms with Crippen LogP contribution in [0.4, 0.5) is 5.69 Å². The van der Waals surface area contributed by atoms with E-state index in [2.05, 4.69) is 41.2 Å². The molecule has 0 unspecified atom stereocenters. The van der Waals surface area contributed by atoms with Gasteiger partial charge in [0.1, 0.15) is 17.6 Å². The standard InChI is InChI=1S/C38H35Cl2N3O3/c1-36(2)15-17-37(18-16-36)38(28-14-13-26(39)20-29(28)42-35(38)45)30(25-19-27(40)22-41-21-25)32-34(44)46-33(24-11-7-4-8-12-24)31(43(32)37)23-9-5-3-6-10-23/h3-14,19-22,30-33H,15-18H2,1-2H3,(H,42,45)/t30-,31+,32+,33-,38-/m0/s1. The first-order chi connectivity index (χ1) is 22.2. The zero-order chi connectivity index (χ0) is 31.8. The molecule has 1 aliphatic carbocycles. The van der Waals surface area contributed by atoms with Gasteiger partial charge in [0.05, 0.1) is 11.1 Å². The van der Waals surface area contributed by atoms with E-state index in [9.17, 15) is 4.79 Å². The number of carbonyl (C=O) groups is 2. The van der Waals surface area contributed by atoms with Crippen molar-refractivity contribution in [3.63, 3.8) is 0 Å². The van der Waals surface area contributed by atoms with Gasteiger partial charge in [-0.1, -0.05) is 104 Å². The maximum Gasteiger partial charge on any atom is 0.324 e. The van der Waals surface area contributed by atoms with Crippen molar-refractivity contribution in [3.05, 3.63) is 130 Å². The monoisotopic (exact) mass is 651 g/mol. The first-order valence-corrected chi connectivity index (χ1v) is 16.7. The van der Waals surface area contributed by atoms with Crippen LogP contribution in [0, 0.1) is 5.41 Å². The van der Waals surface area contributed by atoms with Gasteiger partial charge in [0.2, 0.25) is 5.91 Å². The molecular formula is C38H35Cl2N3O3. The van der Waals surface area contributed by atoms with Crippen LogP contribution in [0.1, 0.15) is 79.8 Å². The van der Waals surface area contributed by atoms with Gasteiger partial charge >= 0.3 is 5.97 Å². The minimum atomic E-state index is -1.15. The van der Waals surface area contributed by atoms with Crippen molar-refractivity contribution in [2.45, 2.75) is 74.6 Å². The lowest BCUT2D eigenvalue weighted by Gasteiger charge is -2.57. The van der Waals surface area contributed by atoms with E-state index < -0.39 is 29.0 Å². The van der Waals surface area contributed by atoms with Gasteiger partial charge in [0.25, 0.3) is 0 Å². The molecule has 46 heavy (non-hydrogen) atoms. The van der Waals surface area contributed by atoms with E-state index in [1.54, 1.807) is 12.4 Å². The fraction of sp³-hybridized carbons (Fsp3) is 0.342. The number of hydrogen-bond donors (Lipinski definition) is 1. The molecule has 5 atom stereocenters. The molecular weight excluding hydrogens is 617 g/mol. The Balaban J connectivity index is 1.48. The first kappa shape index (κ1) is 29.7. The summed E-state index contributed by atoms with van der Waals surface area (Å²) in [5, 5.41) is 4.23. The lowest BCUT2D eigenvalue weighted by Crippen LogP contribution is -2.64. The second-order valence-electron chi connectivity index (χ2n) is 14.0. The molecule has 1 saturated carbocycles. The van der Waals surface area contributed by atoms with Crippen molar-refractivity contribution in [2.24, 2.45) is 5.41 Å². The van der Waals surface area contributed by atoms with Gasteiger partial charge in [-0.15, -0.1) is 0 Å². The topological polar surface area (TPSA) is 71.5 Å². The molecule has 0 radical (unpaired) electrons. The number of aromatic nitrogens is 1. The average molecular weight is 653 g/mol. The first-order valence-electron chi connectivity index (χ1n) is 16.0. The summed E-state index contributed by atoms with van der Waals surface area (Å²) in [5.74, 6) is -1.10. The molecule has 3 aromatic carbocycles. The summed E-state index contributed by atoms with van der Waals surface area (Å²) in [6, 6.07) is 26.7. The van der Waals surface area contributed by atoms with Gasteiger partial charge in [0, 0.05) is 34.6 Å². The molecule has 1 N–H and O–H groups in total. The Morgan fingerprint density at radius 3 is 2.13 bits per heavy atom. The predicted octanol–water partition coefficient (Wildman–Crippen LogP) is 8.42. The average Bonchev–Trinajstić information content (AvgIpc) is 3.48. The number of esters is 1. The Bertz CT molecular complexity index is 1840. The number of nitrogens with one attached hydrogen (secondary N) is 1. The summed E-state index contributed by atoms with van der Waals surface area (Å²) in [7, 11) is 0. The normalized spacial score (nSPS) is 29.3. The van der Waals surface area contributed by atoms with Crippen LogP contribution in [-0.4, -0.2) is 33.3 Å². The third-order valence-corrected chi connectivity index (χ3v) is 11.6.